The quantitative estimate of drug-likeness (QED) is 0.863. The Bertz CT molecular complexity index is 557. The summed E-state index contributed by atoms with van der Waals surface area (Å²) in [4.78, 5) is 0. The highest BCUT2D eigenvalue weighted by atomic mass is 14.6. The summed E-state index contributed by atoms with van der Waals surface area (Å²) < 4.78 is 0. The minimum absolute atomic E-state index is 0.0314. The summed E-state index contributed by atoms with van der Waals surface area (Å²) in [6.07, 6.45) is 2.29. The van der Waals surface area contributed by atoms with Gasteiger partial charge in [-0.25, -0.2) is 0 Å². The molecule has 19 heavy (non-hydrogen) atoms. The van der Waals surface area contributed by atoms with Crippen LogP contribution >= 0.6 is 0 Å². The van der Waals surface area contributed by atoms with Gasteiger partial charge in [0.1, 0.15) is 0 Å². The van der Waals surface area contributed by atoms with Crippen molar-refractivity contribution in [2.24, 2.45) is 5.73 Å². The number of rotatable bonds is 4. The molecule has 0 aliphatic rings. The number of hydrogen-bond acceptors (Lipinski definition) is 1. The van der Waals surface area contributed by atoms with Gasteiger partial charge in [0, 0.05) is 0 Å². The molecule has 0 spiro atoms. The van der Waals surface area contributed by atoms with Crippen molar-refractivity contribution in [1.29, 1.82) is 0 Å². The van der Waals surface area contributed by atoms with E-state index in [9.17, 15) is 0 Å². The second kappa shape index (κ2) is 6.03. The number of aryl methyl sites for hydroxylation is 3. The second-order valence-corrected chi connectivity index (χ2v) is 5.32. The largest absolute Gasteiger partial charge is 0.320 e. The first-order valence-corrected chi connectivity index (χ1v) is 7.03. The molecule has 0 aromatic heterocycles. The normalized spacial score (nSPS) is 12.4. The molecule has 0 amide bonds. The van der Waals surface area contributed by atoms with Gasteiger partial charge < -0.3 is 5.73 Å². The van der Waals surface area contributed by atoms with Crippen LogP contribution in [-0.4, -0.2) is 0 Å². The van der Waals surface area contributed by atoms with Crippen molar-refractivity contribution >= 4 is 0 Å². The topological polar surface area (TPSA) is 26.0 Å². The van der Waals surface area contributed by atoms with Crippen LogP contribution in [0.2, 0.25) is 0 Å². The molecule has 0 saturated carbocycles. The molecule has 0 fully saturated rings. The maximum absolute atomic E-state index is 6.40. The van der Waals surface area contributed by atoms with Crippen molar-refractivity contribution < 1.29 is 0 Å². The van der Waals surface area contributed by atoms with E-state index < -0.39 is 0 Å². The predicted octanol–water partition coefficient (Wildman–Crippen LogP) is 4.30. The Morgan fingerprint density at radius 2 is 1.68 bits per heavy atom. The summed E-state index contributed by atoms with van der Waals surface area (Å²) in [7, 11) is 0. The molecule has 0 radical (unpaired) electrons. The first-order chi connectivity index (χ1) is 9.11. The fourth-order valence-corrected chi connectivity index (χ4v) is 2.38. The van der Waals surface area contributed by atoms with Crippen LogP contribution in [0.1, 0.15) is 47.2 Å². The summed E-state index contributed by atoms with van der Waals surface area (Å²) in [5.41, 5.74) is 12.8. The van der Waals surface area contributed by atoms with Crippen molar-refractivity contribution in [3.05, 3.63) is 70.3 Å². The third kappa shape index (κ3) is 3.24. The lowest BCUT2D eigenvalue weighted by molar-refractivity contribution is 0.856. The number of benzene rings is 2. The minimum Gasteiger partial charge on any atom is -0.320 e. The van der Waals surface area contributed by atoms with Crippen LogP contribution in [0.3, 0.4) is 0 Å². The Morgan fingerprint density at radius 3 is 2.37 bits per heavy atom. The summed E-state index contributed by atoms with van der Waals surface area (Å²) in [6.45, 7) is 6.47. The van der Waals surface area contributed by atoms with Crippen LogP contribution in [0.4, 0.5) is 0 Å². The highest BCUT2D eigenvalue weighted by molar-refractivity contribution is 5.38. The monoisotopic (exact) mass is 253 g/mol. The molecule has 0 heterocycles. The van der Waals surface area contributed by atoms with Gasteiger partial charge in [-0.05, 0) is 48.1 Å². The zero-order chi connectivity index (χ0) is 13.8. The van der Waals surface area contributed by atoms with E-state index in [1.165, 1.54) is 34.2 Å². The fourth-order valence-electron chi connectivity index (χ4n) is 2.38. The first kappa shape index (κ1) is 13.8. The average molecular weight is 253 g/mol. The van der Waals surface area contributed by atoms with E-state index in [2.05, 4.69) is 63.2 Å². The van der Waals surface area contributed by atoms with Crippen molar-refractivity contribution in [3.63, 3.8) is 0 Å². The summed E-state index contributed by atoms with van der Waals surface area (Å²) in [5.74, 6) is 0. The smallest absolute Gasteiger partial charge is 0.0551 e. The van der Waals surface area contributed by atoms with Crippen LogP contribution in [0.15, 0.2) is 42.5 Å². The van der Waals surface area contributed by atoms with E-state index in [-0.39, 0.29) is 6.04 Å². The summed E-state index contributed by atoms with van der Waals surface area (Å²) >= 11 is 0. The zero-order valence-corrected chi connectivity index (χ0v) is 12.1. The maximum Gasteiger partial charge on any atom is 0.0551 e. The molecular weight excluding hydrogens is 230 g/mol. The van der Waals surface area contributed by atoms with Crippen LogP contribution in [0.5, 0.6) is 0 Å². The van der Waals surface area contributed by atoms with Crippen molar-refractivity contribution in [2.45, 2.75) is 39.7 Å². The molecule has 1 atom stereocenters. The van der Waals surface area contributed by atoms with E-state index in [0.29, 0.717) is 0 Å². The van der Waals surface area contributed by atoms with Gasteiger partial charge in [0.2, 0.25) is 0 Å². The molecule has 0 saturated heterocycles. The SMILES string of the molecule is CCCc1cccc(C(N)c2ccc(C)c(C)c2)c1. The zero-order valence-electron chi connectivity index (χ0n) is 12.1. The minimum atomic E-state index is -0.0314. The Kier molecular flexibility index (Phi) is 4.39. The van der Waals surface area contributed by atoms with Crippen molar-refractivity contribution in [1.82, 2.24) is 0 Å². The average Bonchev–Trinajstić information content (AvgIpc) is 2.42. The lowest BCUT2D eigenvalue weighted by Crippen LogP contribution is -2.12. The van der Waals surface area contributed by atoms with Crippen LogP contribution in [-0.2, 0) is 6.42 Å². The van der Waals surface area contributed by atoms with Gasteiger partial charge in [-0.15, -0.1) is 0 Å². The maximum atomic E-state index is 6.40. The van der Waals surface area contributed by atoms with Gasteiger partial charge in [0.05, 0.1) is 6.04 Å². The molecular formula is C18H23N. The van der Waals surface area contributed by atoms with E-state index in [1.54, 1.807) is 0 Å². The molecule has 0 aliphatic carbocycles. The molecule has 0 aliphatic heterocycles. The third-order valence-corrected chi connectivity index (χ3v) is 3.74. The van der Waals surface area contributed by atoms with Crippen LogP contribution in [0, 0.1) is 13.8 Å². The standard InChI is InChI=1S/C18H23N/c1-4-6-15-7-5-8-16(12-15)18(19)17-10-9-13(2)14(3)11-17/h5,7-12,18H,4,6,19H2,1-3H3. The molecule has 2 N–H and O–H groups in total. The van der Waals surface area contributed by atoms with Gasteiger partial charge in [0.25, 0.3) is 0 Å². The summed E-state index contributed by atoms with van der Waals surface area (Å²) in [6, 6.07) is 15.1. The van der Waals surface area contributed by atoms with Crippen molar-refractivity contribution in [3.8, 4) is 0 Å². The molecule has 0 bridgehead atoms. The second-order valence-electron chi connectivity index (χ2n) is 5.32. The molecule has 2 rings (SSSR count). The Labute approximate surface area is 116 Å². The highest BCUT2D eigenvalue weighted by Crippen LogP contribution is 2.23. The van der Waals surface area contributed by atoms with Gasteiger partial charge in [-0.2, -0.15) is 0 Å². The van der Waals surface area contributed by atoms with Gasteiger partial charge in [0.15, 0.2) is 0 Å². The number of nitrogens with two attached hydrogens (primary N) is 1. The Morgan fingerprint density at radius 1 is 0.947 bits per heavy atom. The lowest BCUT2D eigenvalue weighted by atomic mass is 9.95. The fraction of sp³-hybridized carbons (Fsp3) is 0.333. The van der Waals surface area contributed by atoms with E-state index >= 15 is 0 Å². The molecule has 2 aromatic carbocycles. The van der Waals surface area contributed by atoms with Gasteiger partial charge in [-0.3, -0.25) is 0 Å². The summed E-state index contributed by atoms with van der Waals surface area (Å²) in [5, 5.41) is 0. The molecule has 1 nitrogen and oxygen atoms in total. The van der Waals surface area contributed by atoms with Gasteiger partial charge in [-0.1, -0.05) is 55.8 Å². The van der Waals surface area contributed by atoms with E-state index in [0.717, 1.165) is 6.42 Å². The van der Waals surface area contributed by atoms with E-state index in [4.69, 9.17) is 5.73 Å². The lowest BCUT2D eigenvalue weighted by Gasteiger charge is -2.15. The van der Waals surface area contributed by atoms with Gasteiger partial charge >= 0.3 is 0 Å². The first-order valence-electron chi connectivity index (χ1n) is 7.03. The van der Waals surface area contributed by atoms with Crippen molar-refractivity contribution in [2.75, 3.05) is 0 Å². The number of hydrogen-bond donors (Lipinski definition) is 1. The third-order valence-electron chi connectivity index (χ3n) is 3.74. The molecule has 2 aromatic rings. The van der Waals surface area contributed by atoms with E-state index in [1.807, 2.05) is 0 Å². The van der Waals surface area contributed by atoms with Crippen LogP contribution < -0.4 is 5.73 Å². The molecule has 1 heteroatoms. The molecule has 1 unspecified atom stereocenters. The Balaban J connectivity index is 2.29. The molecule has 100 valence electrons. The predicted molar refractivity (Wildman–Crippen MR) is 82.4 cm³/mol. The highest BCUT2D eigenvalue weighted by Gasteiger charge is 2.10. The Hall–Kier alpha value is -1.60. The van der Waals surface area contributed by atoms with Crippen LogP contribution in [0.25, 0.3) is 0 Å².